The van der Waals surface area contributed by atoms with Crippen LogP contribution >= 0.6 is 27.5 Å². The minimum absolute atomic E-state index is 0.0809. The van der Waals surface area contributed by atoms with Gasteiger partial charge in [0.05, 0.1) is 5.38 Å². The van der Waals surface area contributed by atoms with Gasteiger partial charge in [-0.15, -0.1) is 11.6 Å². The fourth-order valence-electron chi connectivity index (χ4n) is 1.97. The maximum Gasteiger partial charge on any atom is 0.240 e. The number of hydrogen-bond donors (Lipinski definition) is 1. The van der Waals surface area contributed by atoms with Gasteiger partial charge in [0, 0.05) is 16.7 Å². The van der Waals surface area contributed by atoms with Gasteiger partial charge < -0.3 is 9.88 Å². The Morgan fingerprint density at radius 1 is 1.50 bits per heavy atom. The van der Waals surface area contributed by atoms with E-state index in [0.717, 1.165) is 9.99 Å². The average Bonchev–Trinajstić information content (AvgIpc) is 2.66. The first kappa shape index (κ1) is 15.3. The lowest BCUT2D eigenvalue weighted by molar-refractivity contribution is -0.122. The molecule has 0 saturated carbocycles. The maximum absolute atomic E-state index is 12.0. The summed E-state index contributed by atoms with van der Waals surface area (Å²) >= 11 is 9.52. The molecular weight excluding hydrogens is 344 g/mol. The molecule has 0 aromatic carbocycles. The van der Waals surface area contributed by atoms with Crippen molar-refractivity contribution in [2.24, 2.45) is 0 Å². The summed E-state index contributed by atoms with van der Waals surface area (Å²) in [5.41, 5.74) is 1.38. The third-order valence-electron chi connectivity index (χ3n) is 2.69. The van der Waals surface area contributed by atoms with E-state index in [1.807, 2.05) is 26.8 Å². The van der Waals surface area contributed by atoms with Crippen molar-refractivity contribution in [2.75, 3.05) is 0 Å². The van der Waals surface area contributed by atoms with Crippen molar-refractivity contribution in [3.63, 3.8) is 0 Å². The van der Waals surface area contributed by atoms with Gasteiger partial charge in [-0.05, 0) is 42.8 Å². The summed E-state index contributed by atoms with van der Waals surface area (Å²) in [5, 5.41) is 2.56. The summed E-state index contributed by atoms with van der Waals surface area (Å²) < 4.78 is 2.60. The molecule has 1 amide bonds. The molecular formula is C13H16BrClN4O. The van der Waals surface area contributed by atoms with Crippen LogP contribution in [0.4, 0.5) is 0 Å². The van der Waals surface area contributed by atoms with E-state index in [4.69, 9.17) is 11.6 Å². The second kappa shape index (κ2) is 6.10. The first-order chi connectivity index (χ1) is 9.38. The number of amides is 1. The number of pyridine rings is 1. The van der Waals surface area contributed by atoms with Crippen LogP contribution in [0.2, 0.25) is 0 Å². The standard InChI is InChI=1S/C13H16BrClN4O/c1-7(2)17-11(20)6-19-12(8(3)15)18-10-4-9(14)5-16-13(10)19/h4-5,7-8H,6H2,1-3H3,(H,17,20). The van der Waals surface area contributed by atoms with E-state index in [9.17, 15) is 4.79 Å². The summed E-state index contributed by atoms with van der Waals surface area (Å²) in [4.78, 5) is 20.8. The van der Waals surface area contributed by atoms with Crippen molar-refractivity contribution in [3.05, 3.63) is 22.6 Å². The molecule has 2 aromatic heterocycles. The lowest BCUT2D eigenvalue weighted by Gasteiger charge is -2.12. The van der Waals surface area contributed by atoms with Crippen LogP contribution in [-0.4, -0.2) is 26.5 Å². The van der Waals surface area contributed by atoms with Crippen LogP contribution in [0.15, 0.2) is 16.7 Å². The number of rotatable bonds is 4. The quantitative estimate of drug-likeness (QED) is 0.854. The highest BCUT2D eigenvalue weighted by molar-refractivity contribution is 9.10. The van der Waals surface area contributed by atoms with Gasteiger partial charge in [-0.25, -0.2) is 9.97 Å². The maximum atomic E-state index is 12.0. The third kappa shape index (κ3) is 3.30. The van der Waals surface area contributed by atoms with Crippen LogP contribution in [-0.2, 0) is 11.3 Å². The molecule has 108 valence electrons. The van der Waals surface area contributed by atoms with Gasteiger partial charge in [-0.2, -0.15) is 0 Å². The minimum Gasteiger partial charge on any atom is -0.352 e. The number of carbonyl (C=O) groups excluding carboxylic acids is 1. The van der Waals surface area contributed by atoms with Crippen LogP contribution < -0.4 is 5.32 Å². The molecule has 1 atom stereocenters. The molecule has 0 radical (unpaired) electrons. The van der Waals surface area contributed by atoms with Crippen molar-refractivity contribution < 1.29 is 4.79 Å². The summed E-state index contributed by atoms with van der Waals surface area (Å²) in [6.07, 6.45) is 1.68. The lowest BCUT2D eigenvalue weighted by Crippen LogP contribution is -2.33. The van der Waals surface area contributed by atoms with Gasteiger partial charge in [0.25, 0.3) is 0 Å². The highest BCUT2D eigenvalue weighted by atomic mass is 79.9. The number of carbonyl (C=O) groups is 1. The average molecular weight is 360 g/mol. The number of aromatic nitrogens is 3. The zero-order valence-electron chi connectivity index (χ0n) is 11.5. The highest BCUT2D eigenvalue weighted by Crippen LogP contribution is 2.25. The van der Waals surface area contributed by atoms with Crippen molar-refractivity contribution >= 4 is 44.6 Å². The summed E-state index contributed by atoms with van der Waals surface area (Å²) in [6.45, 7) is 5.83. The molecule has 1 unspecified atom stereocenters. The Morgan fingerprint density at radius 3 is 2.80 bits per heavy atom. The Labute approximate surface area is 130 Å². The molecule has 0 aliphatic carbocycles. The molecule has 0 bridgehead atoms. The first-order valence-electron chi connectivity index (χ1n) is 6.33. The molecule has 0 aliphatic heterocycles. The summed E-state index contributed by atoms with van der Waals surface area (Å²) in [7, 11) is 0. The smallest absolute Gasteiger partial charge is 0.240 e. The number of fused-ring (bicyclic) bond motifs is 1. The Kier molecular flexibility index (Phi) is 4.65. The van der Waals surface area contributed by atoms with Gasteiger partial charge in [-0.3, -0.25) is 4.79 Å². The zero-order chi connectivity index (χ0) is 14.9. The Balaban J connectivity index is 2.43. The normalized spacial score (nSPS) is 12.9. The third-order valence-corrected chi connectivity index (χ3v) is 3.32. The molecule has 0 saturated heterocycles. The minimum atomic E-state index is -0.296. The molecule has 0 spiro atoms. The second-order valence-corrected chi connectivity index (χ2v) is 6.46. The van der Waals surface area contributed by atoms with E-state index < -0.39 is 0 Å². The monoisotopic (exact) mass is 358 g/mol. The van der Waals surface area contributed by atoms with Gasteiger partial charge in [-0.1, -0.05) is 0 Å². The first-order valence-corrected chi connectivity index (χ1v) is 7.56. The number of nitrogens with zero attached hydrogens (tertiary/aromatic N) is 3. The summed E-state index contributed by atoms with van der Waals surface area (Å²) in [6, 6.07) is 1.96. The SMILES string of the molecule is CC(C)NC(=O)Cn1c(C(C)Cl)nc2cc(Br)cnc21. The number of halogens is 2. The molecule has 1 N–H and O–H groups in total. The van der Waals surface area contributed by atoms with E-state index in [1.54, 1.807) is 10.8 Å². The fraction of sp³-hybridized carbons (Fsp3) is 0.462. The van der Waals surface area contributed by atoms with E-state index in [2.05, 4.69) is 31.2 Å². The van der Waals surface area contributed by atoms with Crippen molar-refractivity contribution in [1.29, 1.82) is 0 Å². The van der Waals surface area contributed by atoms with Crippen LogP contribution in [0.25, 0.3) is 11.2 Å². The van der Waals surface area contributed by atoms with E-state index in [0.29, 0.717) is 11.5 Å². The lowest BCUT2D eigenvalue weighted by atomic mass is 10.3. The molecule has 0 aliphatic rings. The Hall–Kier alpha value is -1.14. The van der Waals surface area contributed by atoms with Crippen molar-refractivity contribution in [1.82, 2.24) is 19.9 Å². The van der Waals surface area contributed by atoms with Crippen LogP contribution in [0.5, 0.6) is 0 Å². The number of nitrogens with one attached hydrogen (secondary N) is 1. The predicted octanol–water partition coefficient (Wildman–Crippen LogP) is 3.02. The van der Waals surface area contributed by atoms with Crippen molar-refractivity contribution in [3.8, 4) is 0 Å². The van der Waals surface area contributed by atoms with Gasteiger partial charge in [0.2, 0.25) is 5.91 Å². The molecule has 20 heavy (non-hydrogen) atoms. The molecule has 0 fully saturated rings. The Morgan fingerprint density at radius 2 is 2.20 bits per heavy atom. The van der Waals surface area contributed by atoms with Crippen LogP contribution in [0, 0.1) is 0 Å². The van der Waals surface area contributed by atoms with Crippen molar-refractivity contribution in [2.45, 2.75) is 38.7 Å². The fourth-order valence-corrected chi connectivity index (χ4v) is 2.46. The van der Waals surface area contributed by atoms with Crippen LogP contribution in [0.1, 0.15) is 32.0 Å². The van der Waals surface area contributed by atoms with E-state index >= 15 is 0 Å². The van der Waals surface area contributed by atoms with E-state index in [-0.39, 0.29) is 23.9 Å². The van der Waals surface area contributed by atoms with Gasteiger partial charge >= 0.3 is 0 Å². The zero-order valence-corrected chi connectivity index (χ0v) is 13.9. The number of hydrogen-bond acceptors (Lipinski definition) is 3. The summed E-state index contributed by atoms with van der Waals surface area (Å²) in [5.74, 6) is 0.564. The molecule has 2 aromatic rings. The molecule has 7 heteroatoms. The van der Waals surface area contributed by atoms with Crippen LogP contribution in [0.3, 0.4) is 0 Å². The molecule has 2 rings (SSSR count). The molecule has 5 nitrogen and oxygen atoms in total. The van der Waals surface area contributed by atoms with Gasteiger partial charge in [0.1, 0.15) is 17.9 Å². The van der Waals surface area contributed by atoms with Gasteiger partial charge in [0.15, 0.2) is 5.65 Å². The largest absolute Gasteiger partial charge is 0.352 e. The number of imidazole rings is 1. The highest BCUT2D eigenvalue weighted by Gasteiger charge is 2.18. The topological polar surface area (TPSA) is 59.8 Å². The Bertz CT molecular complexity index is 639. The number of alkyl halides is 1. The van der Waals surface area contributed by atoms with E-state index in [1.165, 1.54) is 0 Å². The molecule has 2 heterocycles. The predicted molar refractivity (Wildman–Crippen MR) is 82.8 cm³/mol. The second-order valence-electron chi connectivity index (χ2n) is 4.89.